The Hall–Kier alpha value is -0.500. The van der Waals surface area contributed by atoms with Crippen LogP contribution in [0.15, 0.2) is 28.7 Å². The van der Waals surface area contributed by atoms with Crippen molar-refractivity contribution < 1.29 is 0 Å². The van der Waals surface area contributed by atoms with Crippen LogP contribution in [0.25, 0.3) is 0 Å². The average Bonchev–Trinajstić information content (AvgIpc) is 2.33. The second-order valence-electron chi connectivity index (χ2n) is 4.68. The molecule has 1 aromatic carbocycles. The highest BCUT2D eigenvalue weighted by molar-refractivity contribution is 9.10. The van der Waals surface area contributed by atoms with Crippen LogP contribution in [0.3, 0.4) is 0 Å². The molecule has 0 radical (unpaired) electrons. The van der Waals surface area contributed by atoms with E-state index in [0.717, 1.165) is 5.92 Å². The van der Waals surface area contributed by atoms with Crippen molar-refractivity contribution in [1.82, 2.24) is 0 Å². The summed E-state index contributed by atoms with van der Waals surface area (Å²) in [7, 11) is 0. The standard InChI is InChI=1S/C14H20BrN/c1-2-11-7-3-5-9-13(11)16-14-10-6-4-8-12(14)15/h4,6,8,10-11,13,16H,2-3,5,7,9H2,1H3. The van der Waals surface area contributed by atoms with Crippen LogP contribution in [0.1, 0.15) is 39.0 Å². The molecule has 2 heteroatoms. The van der Waals surface area contributed by atoms with E-state index in [1.807, 2.05) is 0 Å². The van der Waals surface area contributed by atoms with E-state index in [9.17, 15) is 0 Å². The van der Waals surface area contributed by atoms with E-state index >= 15 is 0 Å². The lowest BCUT2D eigenvalue weighted by Crippen LogP contribution is -2.31. The molecule has 0 heterocycles. The maximum atomic E-state index is 3.70. The van der Waals surface area contributed by atoms with Gasteiger partial charge in [-0.3, -0.25) is 0 Å². The second kappa shape index (κ2) is 5.72. The number of hydrogen-bond donors (Lipinski definition) is 1. The van der Waals surface area contributed by atoms with Gasteiger partial charge in [0.2, 0.25) is 0 Å². The number of nitrogens with one attached hydrogen (secondary N) is 1. The molecule has 0 spiro atoms. The van der Waals surface area contributed by atoms with Gasteiger partial charge >= 0.3 is 0 Å². The van der Waals surface area contributed by atoms with Gasteiger partial charge < -0.3 is 5.32 Å². The van der Waals surface area contributed by atoms with Gasteiger partial charge in [-0.1, -0.05) is 38.3 Å². The predicted octanol–water partition coefficient (Wildman–Crippen LogP) is 4.83. The Morgan fingerprint density at radius 3 is 2.75 bits per heavy atom. The lowest BCUT2D eigenvalue weighted by molar-refractivity contribution is 0.317. The van der Waals surface area contributed by atoms with Crippen molar-refractivity contribution in [2.24, 2.45) is 5.92 Å². The molecule has 0 aromatic heterocycles. The molecule has 1 aromatic rings. The van der Waals surface area contributed by atoms with Gasteiger partial charge in [-0.25, -0.2) is 0 Å². The molecular formula is C14H20BrN. The normalized spacial score (nSPS) is 25.4. The first kappa shape index (κ1) is 12.0. The molecule has 88 valence electrons. The zero-order valence-electron chi connectivity index (χ0n) is 9.88. The average molecular weight is 282 g/mol. The summed E-state index contributed by atoms with van der Waals surface area (Å²) in [4.78, 5) is 0. The first-order chi connectivity index (χ1) is 7.81. The van der Waals surface area contributed by atoms with Crippen LogP contribution in [-0.4, -0.2) is 6.04 Å². The molecule has 2 rings (SSSR count). The van der Waals surface area contributed by atoms with Gasteiger partial charge in [0.25, 0.3) is 0 Å². The third kappa shape index (κ3) is 2.79. The molecule has 1 saturated carbocycles. The number of para-hydroxylation sites is 1. The van der Waals surface area contributed by atoms with Crippen LogP contribution in [-0.2, 0) is 0 Å². The fourth-order valence-electron chi connectivity index (χ4n) is 2.66. The summed E-state index contributed by atoms with van der Waals surface area (Å²) in [5.41, 5.74) is 1.24. The summed E-state index contributed by atoms with van der Waals surface area (Å²) < 4.78 is 1.18. The minimum atomic E-state index is 0.664. The van der Waals surface area contributed by atoms with Crippen LogP contribution >= 0.6 is 15.9 Å². The zero-order chi connectivity index (χ0) is 11.4. The minimum Gasteiger partial charge on any atom is -0.381 e. The van der Waals surface area contributed by atoms with Gasteiger partial charge in [0, 0.05) is 16.2 Å². The molecule has 1 aliphatic rings. The highest BCUT2D eigenvalue weighted by atomic mass is 79.9. The van der Waals surface area contributed by atoms with Crippen molar-refractivity contribution in [3.05, 3.63) is 28.7 Å². The van der Waals surface area contributed by atoms with Crippen molar-refractivity contribution in [1.29, 1.82) is 0 Å². The Kier molecular flexibility index (Phi) is 4.28. The van der Waals surface area contributed by atoms with Crippen LogP contribution in [0, 0.1) is 5.92 Å². The van der Waals surface area contributed by atoms with Crippen molar-refractivity contribution in [3.8, 4) is 0 Å². The monoisotopic (exact) mass is 281 g/mol. The summed E-state index contributed by atoms with van der Waals surface area (Å²) in [6, 6.07) is 9.08. The summed E-state index contributed by atoms with van der Waals surface area (Å²) in [5, 5.41) is 3.70. The summed E-state index contributed by atoms with van der Waals surface area (Å²) >= 11 is 3.60. The highest BCUT2D eigenvalue weighted by Crippen LogP contribution is 2.31. The van der Waals surface area contributed by atoms with Crippen molar-refractivity contribution in [2.75, 3.05) is 5.32 Å². The molecule has 1 aliphatic carbocycles. The molecular weight excluding hydrogens is 262 g/mol. The van der Waals surface area contributed by atoms with Gasteiger partial charge in [-0.05, 0) is 46.8 Å². The number of hydrogen-bond acceptors (Lipinski definition) is 1. The summed E-state index contributed by atoms with van der Waals surface area (Å²) in [5.74, 6) is 0.848. The molecule has 2 unspecified atom stereocenters. The molecule has 1 nitrogen and oxygen atoms in total. The lowest BCUT2D eigenvalue weighted by Gasteiger charge is -2.32. The first-order valence-corrected chi connectivity index (χ1v) is 7.11. The molecule has 0 saturated heterocycles. The predicted molar refractivity (Wildman–Crippen MR) is 73.8 cm³/mol. The first-order valence-electron chi connectivity index (χ1n) is 6.32. The van der Waals surface area contributed by atoms with Gasteiger partial charge in [0.15, 0.2) is 0 Å². The maximum absolute atomic E-state index is 3.70. The Labute approximate surface area is 107 Å². The van der Waals surface area contributed by atoms with Gasteiger partial charge in [-0.15, -0.1) is 0 Å². The fraction of sp³-hybridized carbons (Fsp3) is 0.571. The molecule has 0 aliphatic heterocycles. The van der Waals surface area contributed by atoms with Crippen molar-refractivity contribution >= 4 is 21.6 Å². The number of halogens is 1. The smallest absolute Gasteiger partial charge is 0.0486 e. The van der Waals surface area contributed by atoms with Gasteiger partial charge in [-0.2, -0.15) is 0 Å². The highest BCUT2D eigenvalue weighted by Gasteiger charge is 2.23. The SMILES string of the molecule is CCC1CCCCC1Nc1ccccc1Br. The topological polar surface area (TPSA) is 12.0 Å². The fourth-order valence-corrected chi connectivity index (χ4v) is 3.06. The number of anilines is 1. The van der Waals surface area contributed by atoms with Crippen molar-refractivity contribution in [3.63, 3.8) is 0 Å². The van der Waals surface area contributed by atoms with E-state index in [4.69, 9.17) is 0 Å². The molecule has 0 bridgehead atoms. The van der Waals surface area contributed by atoms with E-state index in [-0.39, 0.29) is 0 Å². The lowest BCUT2D eigenvalue weighted by atomic mass is 9.83. The third-order valence-electron chi connectivity index (χ3n) is 3.65. The maximum Gasteiger partial charge on any atom is 0.0486 e. The Bertz CT molecular complexity index is 337. The zero-order valence-corrected chi connectivity index (χ0v) is 11.5. The Balaban J connectivity index is 2.05. The van der Waals surface area contributed by atoms with Gasteiger partial charge in [0.1, 0.15) is 0 Å². The van der Waals surface area contributed by atoms with E-state index in [1.54, 1.807) is 0 Å². The van der Waals surface area contributed by atoms with Crippen LogP contribution in [0.2, 0.25) is 0 Å². The van der Waals surface area contributed by atoms with Crippen LogP contribution in [0.5, 0.6) is 0 Å². The molecule has 16 heavy (non-hydrogen) atoms. The molecule has 0 amide bonds. The molecule has 1 N–H and O–H groups in total. The summed E-state index contributed by atoms with van der Waals surface area (Å²) in [6.07, 6.45) is 6.78. The third-order valence-corrected chi connectivity index (χ3v) is 4.34. The molecule has 2 atom stereocenters. The Morgan fingerprint density at radius 2 is 2.00 bits per heavy atom. The Morgan fingerprint density at radius 1 is 1.25 bits per heavy atom. The minimum absolute atomic E-state index is 0.664. The van der Waals surface area contributed by atoms with E-state index in [0.29, 0.717) is 6.04 Å². The number of benzene rings is 1. The van der Waals surface area contributed by atoms with E-state index in [1.165, 1.54) is 42.3 Å². The quantitative estimate of drug-likeness (QED) is 0.837. The largest absolute Gasteiger partial charge is 0.381 e. The number of rotatable bonds is 3. The molecule has 1 fully saturated rings. The summed E-state index contributed by atoms with van der Waals surface area (Å²) in [6.45, 7) is 2.31. The van der Waals surface area contributed by atoms with E-state index in [2.05, 4.69) is 52.4 Å². The van der Waals surface area contributed by atoms with Crippen molar-refractivity contribution in [2.45, 2.75) is 45.1 Å². The van der Waals surface area contributed by atoms with Crippen LogP contribution < -0.4 is 5.32 Å². The van der Waals surface area contributed by atoms with Crippen LogP contribution in [0.4, 0.5) is 5.69 Å². The van der Waals surface area contributed by atoms with Gasteiger partial charge in [0.05, 0.1) is 0 Å². The second-order valence-corrected chi connectivity index (χ2v) is 5.54. The van der Waals surface area contributed by atoms with E-state index < -0.39 is 0 Å².